The minimum Gasteiger partial charge on any atom is -0.456 e. The SMILES string of the molecule is O=C(Cc1ccc(Oc2ccnc3cc(C(=O)N4CC[C@@H](O)C4)sc23)cc1Cl)Nc1ccccn1. The van der Waals surface area contributed by atoms with E-state index >= 15 is 0 Å². The highest BCUT2D eigenvalue weighted by molar-refractivity contribution is 7.21. The summed E-state index contributed by atoms with van der Waals surface area (Å²) in [6.45, 7) is 0.879. The highest BCUT2D eigenvalue weighted by Crippen LogP contribution is 2.36. The van der Waals surface area contributed by atoms with Crippen LogP contribution in [0.1, 0.15) is 21.7 Å². The van der Waals surface area contributed by atoms with Crippen molar-refractivity contribution < 1.29 is 19.4 Å². The molecule has 0 aliphatic carbocycles. The van der Waals surface area contributed by atoms with Crippen molar-refractivity contribution in [3.05, 3.63) is 76.4 Å². The lowest BCUT2D eigenvalue weighted by Gasteiger charge is -2.13. The number of ether oxygens (including phenoxy) is 1. The minimum absolute atomic E-state index is 0.0940. The van der Waals surface area contributed by atoms with Gasteiger partial charge in [0.1, 0.15) is 17.3 Å². The van der Waals surface area contributed by atoms with Gasteiger partial charge in [-0.25, -0.2) is 4.98 Å². The maximum Gasteiger partial charge on any atom is 0.264 e. The van der Waals surface area contributed by atoms with E-state index in [0.29, 0.717) is 57.8 Å². The molecule has 1 aliphatic rings. The summed E-state index contributed by atoms with van der Waals surface area (Å²) in [6, 6.07) is 13.9. The topological polar surface area (TPSA) is 105 Å². The average Bonchev–Trinajstić information content (AvgIpc) is 3.48. The van der Waals surface area contributed by atoms with Crippen molar-refractivity contribution in [1.29, 1.82) is 0 Å². The van der Waals surface area contributed by atoms with Crippen molar-refractivity contribution in [3.8, 4) is 11.5 Å². The van der Waals surface area contributed by atoms with E-state index in [9.17, 15) is 14.7 Å². The Morgan fingerprint density at radius 3 is 2.80 bits per heavy atom. The van der Waals surface area contributed by atoms with Gasteiger partial charge in [-0.05, 0) is 42.3 Å². The summed E-state index contributed by atoms with van der Waals surface area (Å²) in [5.74, 6) is 1.19. The maximum absolute atomic E-state index is 12.8. The molecule has 4 aromatic rings. The number of likely N-dealkylation sites (tertiary alicyclic amines) is 1. The molecule has 178 valence electrons. The van der Waals surface area contributed by atoms with Crippen molar-refractivity contribution in [2.75, 3.05) is 18.4 Å². The zero-order chi connectivity index (χ0) is 24.4. The van der Waals surface area contributed by atoms with Gasteiger partial charge in [-0.15, -0.1) is 11.3 Å². The molecule has 8 nitrogen and oxygen atoms in total. The number of benzene rings is 1. The molecule has 1 aromatic carbocycles. The first-order valence-electron chi connectivity index (χ1n) is 11.0. The lowest BCUT2D eigenvalue weighted by atomic mass is 10.1. The van der Waals surface area contributed by atoms with Crippen LogP contribution in [0.25, 0.3) is 10.2 Å². The van der Waals surface area contributed by atoms with E-state index in [-0.39, 0.29) is 18.2 Å². The molecule has 0 unspecified atom stereocenters. The quantitative estimate of drug-likeness (QED) is 0.396. The number of thiophene rings is 1. The van der Waals surface area contributed by atoms with E-state index in [0.717, 1.165) is 4.70 Å². The van der Waals surface area contributed by atoms with Gasteiger partial charge in [0.25, 0.3) is 5.91 Å². The predicted octanol–water partition coefficient (Wildman–Crippen LogP) is 4.53. The van der Waals surface area contributed by atoms with Crippen LogP contribution >= 0.6 is 22.9 Å². The van der Waals surface area contributed by atoms with Crippen LogP contribution in [0.5, 0.6) is 11.5 Å². The van der Waals surface area contributed by atoms with Crippen LogP contribution in [0.2, 0.25) is 5.02 Å². The molecule has 1 aliphatic heterocycles. The maximum atomic E-state index is 12.8. The van der Waals surface area contributed by atoms with Crippen LogP contribution in [0.4, 0.5) is 5.82 Å². The molecule has 3 aromatic heterocycles. The number of nitrogens with one attached hydrogen (secondary N) is 1. The zero-order valence-electron chi connectivity index (χ0n) is 18.5. The summed E-state index contributed by atoms with van der Waals surface area (Å²) in [5.41, 5.74) is 1.31. The van der Waals surface area contributed by atoms with Gasteiger partial charge in [-0.1, -0.05) is 23.7 Å². The standard InChI is InChI=1S/C25H21ClN4O4S/c26-18-12-17(5-4-15(18)11-23(32)29-22-3-1-2-8-28-22)34-20-6-9-27-19-13-21(35-24(19)20)25(33)30-10-7-16(31)14-30/h1-6,8-9,12-13,16,31H,7,10-11,14H2,(H,28,29,32)/t16-/m1/s1. The third-order valence-corrected chi connectivity index (χ3v) is 7.05. The molecule has 10 heteroatoms. The highest BCUT2D eigenvalue weighted by atomic mass is 35.5. The third kappa shape index (κ3) is 5.27. The molecule has 1 atom stereocenters. The number of carbonyl (C=O) groups is 2. The molecule has 0 spiro atoms. The summed E-state index contributed by atoms with van der Waals surface area (Å²) in [5, 5.41) is 12.9. The molecule has 4 heterocycles. The molecule has 0 radical (unpaired) electrons. The fourth-order valence-corrected chi connectivity index (χ4v) is 5.11. The molecule has 2 N–H and O–H groups in total. The largest absolute Gasteiger partial charge is 0.456 e. The van der Waals surface area contributed by atoms with Crippen LogP contribution in [-0.4, -0.2) is 51.0 Å². The van der Waals surface area contributed by atoms with Gasteiger partial charge < -0.3 is 20.1 Å². The zero-order valence-corrected chi connectivity index (χ0v) is 20.1. The van der Waals surface area contributed by atoms with Crippen LogP contribution in [0.15, 0.2) is 60.9 Å². The molecular formula is C25H21ClN4O4S. The number of anilines is 1. The van der Waals surface area contributed by atoms with Crippen molar-refractivity contribution in [1.82, 2.24) is 14.9 Å². The van der Waals surface area contributed by atoms with E-state index in [2.05, 4.69) is 15.3 Å². The first kappa shape index (κ1) is 23.2. The number of halogens is 1. The van der Waals surface area contributed by atoms with Gasteiger partial charge in [-0.2, -0.15) is 0 Å². The fourth-order valence-electron chi connectivity index (χ4n) is 3.84. The molecule has 1 saturated heterocycles. The summed E-state index contributed by atoms with van der Waals surface area (Å²) in [6.07, 6.45) is 3.44. The van der Waals surface area contributed by atoms with Crippen LogP contribution in [-0.2, 0) is 11.2 Å². The fraction of sp³-hybridized carbons (Fsp3) is 0.200. The van der Waals surface area contributed by atoms with Gasteiger partial charge >= 0.3 is 0 Å². The molecule has 0 bridgehead atoms. The monoisotopic (exact) mass is 508 g/mol. The minimum atomic E-state index is -0.473. The number of nitrogens with zero attached hydrogens (tertiary/aromatic N) is 3. The molecule has 0 saturated carbocycles. The van der Waals surface area contributed by atoms with E-state index in [4.69, 9.17) is 16.3 Å². The number of hydrogen-bond donors (Lipinski definition) is 2. The van der Waals surface area contributed by atoms with Crippen LogP contribution in [0, 0.1) is 0 Å². The van der Waals surface area contributed by atoms with Gasteiger partial charge in [0.05, 0.1) is 27.6 Å². The lowest BCUT2D eigenvalue weighted by Crippen LogP contribution is -2.28. The second-order valence-electron chi connectivity index (χ2n) is 8.12. The van der Waals surface area contributed by atoms with Gasteiger partial charge in [0.2, 0.25) is 5.91 Å². The number of aromatic nitrogens is 2. The third-order valence-electron chi connectivity index (χ3n) is 5.57. The normalized spacial score (nSPS) is 15.4. The summed E-state index contributed by atoms with van der Waals surface area (Å²) >= 11 is 7.74. The van der Waals surface area contributed by atoms with Crippen molar-refractivity contribution in [2.45, 2.75) is 18.9 Å². The van der Waals surface area contributed by atoms with Crippen molar-refractivity contribution in [2.24, 2.45) is 0 Å². The smallest absolute Gasteiger partial charge is 0.264 e. The Kier molecular flexibility index (Phi) is 6.63. The van der Waals surface area contributed by atoms with Gasteiger partial charge in [0, 0.05) is 36.6 Å². The Labute approximate surface area is 210 Å². The number of carbonyl (C=O) groups excluding carboxylic acids is 2. The lowest BCUT2D eigenvalue weighted by molar-refractivity contribution is -0.115. The summed E-state index contributed by atoms with van der Waals surface area (Å²) in [4.78, 5) is 35.8. The summed E-state index contributed by atoms with van der Waals surface area (Å²) in [7, 11) is 0. The summed E-state index contributed by atoms with van der Waals surface area (Å²) < 4.78 is 6.82. The Morgan fingerprint density at radius 1 is 1.17 bits per heavy atom. The molecule has 5 rings (SSSR count). The second kappa shape index (κ2) is 9.99. The van der Waals surface area contributed by atoms with Crippen molar-refractivity contribution >= 4 is 50.8 Å². The average molecular weight is 509 g/mol. The number of pyridine rings is 2. The Morgan fingerprint density at radius 2 is 2.06 bits per heavy atom. The van der Waals surface area contributed by atoms with E-state index in [1.165, 1.54) is 11.3 Å². The first-order chi connectivity index (χ1) is 17.0. The Balaban J connectivity index is 1.30. The van der Waals surface area contributed by atoms with E-state index in [1.807, 2.05) is 0 Å². The van der Waals surface area contributed by atoms with Crippen molar-refractivity contribution in [3.63, 3.8) is 0 Å². The van der Waals surface area contributed by atoms with E-state index in [1.54, 1.807) is 65.8 Å². The number of rotatable bonds is 6. The molecule has 35 heavy (non-hydrogen) atoms. The molecule has 1 fully saturated rings. The van der Waals surface area contributed by atoms with Gasteiger partial charge in [0.15, 0.2) is 0 Å². The highest BCUT2D eigenvalue weighted by Gasteiger charge is 2.27. The number of amides is 2. The first-order valence-corrected chi connectivity index (χ1v) is 12.2. The number of β-amino-alcohol motifs (C(OH)–C–C–N with tert-alkyl or cyclic N) is 1. The van der Waals surface area contributed by atoms with E-state index < -0.39 is 6.10 Å². The number of hydrogen-bond acceptors (Lipinski definition) is 7. The number of aliphatic hydroxyl groups is 1. The van der Waals surface area contributed by atoms with Crippen LogP contribution < -0.4 is 10.1 Å². The van der Waals surface area contributed by atoms with Crippen LogP contribution in [0.3, 0.4) is 0 Å². The molecular weight excluding hydrogens is 488 g/mol. The number of fused-ring (bicyclic) bond motifs is 1. The Bertz CT molecular complexity index is 1400. The molecule has 2 amide bonds. The Hall–Kier alpha value is -3.53. The second-order valence-corrected chi connectivity index (χ2v) is 9.58. The number of aliphatic hydroxyl groups excluding tert-OH is 1. The predicted molar refractivity (Wildman–Crippen MR) is 134 cm³/mol. The van der Waals surface area contributed by atoms with Gasteiger partial charge in [-0.3, -0.25) is 14.6 Å².